The summed E-state index contributed by atoms with van der Waals surface area (Å²) in [5.41, 5.74) is 4.25. The molecular weight excluding hydrogens is 336 g/mol. The Morgan fingerprint density at radius 3 is 2.59 bits per heavy atom. The van der Waals surface area contributed by atoms with E-state index >= 15 is 0 Å². The SMILES string of the molecule is CCOC1C(NC(=O)c2ccccc2C)c2ccccc2C12CCNCC2. The third-order valence-corrected chi connectivity index (χ3v) is 6.20. The molecule has 2 aromatic rings. The topological polar surface area (TPSA) is 50.4 Å². The van der Waals surface area contributed by atoms with Crippen LogP contribution in [0.15, 0.2) is 48.5 Å². The number of ether oxygens (including phenoxy) is 1. The fraction of sp³-hybridized carbons (Fsp3) is 0.435. The molecule has 0 saturated carbocycles. The Bertz CT molecular complexity index is 827. The van der Waals surface area contributed by atoms with Crippen LogP contribution in [-0.2, 0) is 10.2 Å². The minimum absolute atomic E-state index is 0.0245. The van der Waals surface area contributed by atoms with Gasteiger partial charge in [-0.05, 0) is 62.5 Å². The van der Waals surface area contributed by atoms with Crippen LogP contribution in [0.25, 0.3) is 0 Å². The Morgan fingerprint density at radius 1 is 1.15 bits per heavy atom. The first-order valence-electron chi connectivity index (χ1n) is 9.95. The summed E-state index contributed by atoms with van der Waals surface area (Å²) in [5, 5.41) is 6.79. The summed E-state index contributed by atoms with van der Waals surface area (Å²) in [6.07, 6.45) is 2.03. The number of hydrogen-bond donors (Lipinski definition) is 2. The van der Waals surface area contributed by atoms with Crippen LogP contribution in [0.2, 0.25) is 0 Å². The van der Waals surface area contributed by atoms with Gasteiger partial charge in [0.15, 0.2) is 0 Å². The van der Waals surface area contributed by atoms with E-state index in [0.717, 1.165) is 37.1 Å². The van der Waals surface area contributed by atoms with Crippen molar-refractivity contribution in [2.45, 2.75) is 44.2 Å². The van der Waals surface area contributed by atoms with Crippen molar-refractivity contribution >= 4 is 5.91 Å². The van der Waals surface area contributed by atoms with E-state index in [1.807, 2.05) is 38.1 Å². The van der Waals surface area contributed by atoms with Crippen molar-refractivity contribution in [3.05, 3.63) is 70.8 Å². The number of piperidine rings is 1. The highest BCUT2D eigenvalue weighted by atomic mass is 16.5. The molecule has 0 radical (unpaired) electrons. The molecule has 4 rings (SSSR count). The highest BCUT2D eigenvalue weighted by Gasteiger charge is 2.53. The van der Waals surface area contributed by atoms with E-state index in [-0.39, 0.29) is 23.5 Å². The minimum atomic E-state index is -0.119. The van der Waals surface area contributed by atoms with Gasteiger partial charge < -0.3 is 15.4 Å². The number of rotatable bonds is 4. The maximum Gasteiger partial charge on any atom is 0.252 e. The summed E-state index contributed by atoms with van der Waals surface area (Å²) < 4.78 is 6.32. The van der Waals surface area contributed by atoms with E-state index in [1.165, 1.54) is 11.1 Å². The zero-order chi connectivity index (χ0) is 18.9. The van der Waals surface area contributed by atoms with Gasteiger partial charge in [-0.1, -0.05) is 42.5 Å². The quantitative estimate of drug-likeness (QED) is 0.873. The predicted molar refractivity (Wildman–Crippen MR) is 107 cm³/mol. The standard InChI is InChI=1S/C23H28N2O2/c1-3-27-21-20(25-22(26)17-9-5-4-8-16(17)2)18-10-6-7-11-19(18)23(21)12-14-24-15-13-23/h4-11,20-21,24H,3,12-15H2,1-2H3,(H,25,26). The molecule has 1 saturated heterocycles. The van der Waals surface area contributed by atoms with Gasteiger partial charge in [-0.2, -0.15) is 0 Å². The summed E-state index contributed by atoms with van der Waals surface area (Å²) >= 11 is 0. The van der Waals surface area contributed by atoms with Gasteiger partial charge >= 0.3 is 0 Å². The lowest BCUT2D eigenvalue weighted by Crippen LogP contribution is -2.49. The van der Waals surface area contributed by atoms with Crippen molar-refractivity contribution < 1.29 is 9.53 Å². The molecule has 1 aliphatic heterocycles. The fourth-order valence-corrected chi connectivity index (χ4v) is 4.92. The lowest BCUT2D eigenvalue weighted by Gasteiger charge is -2.41. The lowest BCUT2D eigenvalue weighted by atomic mass is 9.72. The van der Waals surface area contributed by atoms with Crippen LogP contribution in [0, 0.1) is 6.92 Å². The van der Waals surface area contributed by atoms with Gasteiger partial charge in [0, 0.05) is 17.6 Å². The van der Waals surface area contributed by atoms with Gasteiger partial charge in [0.05, 0.1) is 12.1 Å². The maximum absolute atomic E-state index is 13.1. The highest BCUT2D eigenvalue weighted by molar-refractivity contribution is 5.96. The molecule has 1 fully saturated rings. The molecule has 2 aliphatic rings. The Balaban J connectivity index is 1.72. The molecular formula is C23H28N2O2. The molecule has 1 amide bonds. The van der Waals surface area contributed by atoms with Crippen LogP contribution in [-0.4, -0.2) is 31.7 Å². The molecule has 1 aliphatic carbocycles. The van der Waals surface area contributed by atoms with Gasteiger partial charge in [0.25, 0.3) is 5.91 Å². The zero-order valence-electron chi connectivity index (χ0n) is 16.1. The molecule has 4 nitrogen and oxygen atoms in total. The van der Waals surface area contributed by atoms with Crippen molar-refractivity contribution in [1.29, 1.82) is 0 Å². The highest BCUT2D eigenvalue weighted by Crippen LogP contribution is 2.51. The Kier molecular flexibility index (Phi) is 5.02. The fourth-order valence-electron chi connectivity index (χ4n) is 4.92. The summed E-state index contributed by atoms with van der Waals surface area (Å²) in [6.45, 7) is 6.63. The third kappa shape index (κ3) is 3.07. The summed E-state index contributed by atoms with van der Waals surface area (Å²) in [7, 11) is 0. The second-order valence-corrected chi connectivity index (χ2v) is 7.64. The van der Waals surface area contributed by atoms with Crippen molar-refractivity contribution in [3.8, 4) is 0 Å². The number of aryl methyl sites for hydroxylation is 1. The maximum atomic E-state index is 13.1. The molecule has 142 valence electrons. The average molecular weight is 364 g/mol. The average Bonchev–Trinajstić information content (AvgIpc) is 2.93. The zero-order valence-corrected chi connectivity index (χ0v) is 16.1. The van der Waals surface area contributed by atoms with Crippen LogP contribution in [0.5, 0.6) is 0 Å². The van der Waals surface area contributed by atoms with E-state index in [4.69, 9.17) is 4.74 Å². The Labute approximate surface area is 161 Å². The molecule has 2 atom stereocenters. The van der Waals surface area contributed by atoms with Crippen molar-refractivity contribution in [1.82, 2.24) is 10.6 Å². The molecule has 1 heterocycles. The predicted octanol–water partition coefficient (Wildman–Crippen LogP) is 3.51. The van der Waals surface area contributed by atoms with Crippen LogP contribution in [0.1, 0.15) is 52.9 Å². The molecule has 4 heteroatoms. The second kappa shape index (κ2) is 7.45. The molecule has 27 heavy (non-hydrogen) atoms. The van der Waals surface area contributed by atoms with Crippen LogP contribution < -0.4 is 10.6 Å². The van der Waals surface area contributed by atoms with Gasteiger partial charge in [0.2, 0.25) is 0 Å². The second-order valence-electron chi connectivity index (χ2n) is 7.64. The van der Waals surface area contributed by atoms with Crippen LogP contribution in [0.4, 0.5) is 0 Å². The van der Waals surface area contributed by atoms with E-state index in [1.54, 1.807) is 0 Å². The van der Waals surface area contributed by atoms with E-state index < -0.39 is 0 Å². The summed E-state index contributed by atoms with van der Waals surface area (Å²) in [4.78, 5) is 13.1. The molecule has 1 spiro atoms. The monoisotopic (exact) mass is 364 g/mol. The van der Waals surface area contributed by atoms with Gasteiger partial charge in [-0.15, -0.1) is 0 Å². The first kappa shape index (κ1) is 18.2. The number of amides is 1. The number of carbonyl (C=O) groups is 1. The number of fused-ring (bicyclic) bond motifs is 2. The Hall–Kier alpha value is -2.17. The van der Waals surface area contributed by atoms with Gasteiger partial charge in [-0.25, -0.2) is 0 Å². The Morgan fingerprint density at radius 2 is 1.85 bits per heavy atom. The molecule has 2 unspecified atom stereocenters. The minimum Gasteiger partial charge on any atom is -0.375 e. The third-order valence-electron chi connectivity index (χ3n) is 6.20. The van der Waals surface area contributed by atoms with Crippen LogP contribution >= 0.6 is 0 Å². The lowest BCUT2D eigenvalue weighted by molar-refractivity contribution is -0.0208. The van der Waals surface area contributed by atoms with E-state index in [0.29, 0.717) is 6.61 Å². The number of hydrogen-bond acceptors (Lipinski definition) is 3. The van der Waals surface area contributed by atoms with Crippen molar-refractivity contribution in [2.75, 3.05) is 19.7 Å². The number of carbonyl (C=O) groups excluding carboxylic acids is 1. The van der Waals surface area contributed by atoms with Gasteiger partial charge in [0.1, 0.15) is 0 Å². The van der Waals surface area contributed by atoms with E-state index in [9.17, 15) is 4.79 Å². The molecule has 2 aromatic carbocycles. The first-order chi connectivity index (χ1) is 13.2. The smallest absolute Gasteiger partial charge is 0.252 e. The number of benzene rings is 2. The number of nitrogens with one attached hydrogen (secondary N) is 2. The summed E-state index contributed by atoms with van der Waals surface area (Å²) in [5.74, 6) is -0.0245. The first-order valence-corrected chi connectivity index (χ1v) is 9.95. The molecule has 0 aromatic heterocycles. The van der Waals surface area contributed by atoms with Gasteiger partial charge in [-0.3, -0.25) is 4.79 Å². The van der Waals surface area contributed by atoms with E-state index in [2.05, 4.69) is 34.9 Å². The largest absolute Gasteiger partial charge is 0.375 e. The molecule has 2 N–H and O–H groups in total. The molecule has 0 bridgehead atoms. The van der Waals surface area contributed by atoms with Crippen LogP contribution in [0.3, 0.4) is 0 Å². The summed E-state index contributed by atoms with van der Waals surface area (Å²) in [6, 6.07) is 16.2. The van der Waals surface area contributed by atoms with Crippen molar-refractivity contribution in [3.63, 3.8) is 0 Å². The van der Waals surface area contributed by atoms with Crippen molar-refractivity contribution in [2.24, 2.45) is 0 Å². The normalized spacial score (nSPS) is 23.2.